The minimum atomic E-state index is -0.610. The normalized spacial score (nSPS) is 20.0. The van der Waals surface area contributed by atoms with Crippen LogP contribution in [-0.4, -0.2) is 53.1 Å². The average molecular weight is 364 g/mol. The third kappa shape index (κ3) is 4.08. The Bertz CT molecular complexity index is 751. The van der Waals surface area contributed by atoms with Crippen molar-refractivity contribution in [3.05, 3.63) is 29.3 Å². The number of primary amides is 1. The summed E-state index contributed by atoms with van der Waals surface area (Å²) in [6.07, 6.45) is 1.16. The van der Waals surface area contributed by atoms with Crippen LogP contribution < -0.4 is 11.1 Å². The molecule has 2 aliphatic heterocycles. The maximum Gasteiger partial charge on any atom is 0.262 e. The summed E-state index contributed by atoms with van der Waals surface area (Å²) < 4.78 is 0. The van der Waals surface area contributed by atoms with Crippen molar-refractivity contribution in [1.82, 2.24) is 9.91 Å². The number of carbonyl (C=O) groups is 3. The number of amidine groups is 1. The lowest BCUT2D eigenvalue weighted by molar-refractivity contribution is -0.137. The summed E-state index contributed by atoms with van der Waals surface area (Å²) in [6, 6.07) is 6.95. The molecule has 1 fully saturated rings. The van der Waals surface area contributed by atoms with E-state index < -0.39 is 5.91 Å². The van der Waals surface area contributed by atoms with Gasteiger partial charge in [0, 0.05) is 23.7 Å². The zero-order chi connectivity index (χ0) is 18.0. The van der Waals surface area contributed by atoms with E-state index in [0.717, 1.165) is 5.01 Å². The minimum Gasteiger partial charge on any atom is -0.368 e. The van der Waals surface area contributed by atoms with E-state index in [1.54, 1.807) is 29.2 Å². The topological polar surface area (TPSA) is 108 Å². The van der Waals surface area contributed by atoms with Crippen LogP contribution in [0.25, 0.3) is 0 Å². The Morgan fingerprint density at radius 2 is 2.20 bits per heavy atom. The largest absolute Gasteiger partial charge is 0.368 e. The number of carbonyl (C=O) groups excluding carboxylic acids is 3. The number of nitrogens with zero attached hydrogens (tertiary/aromatic N) is 3. The van der Waals surface area contributed by atoms with Crippen LogP contribution in [0, 0.1) is 5.92 Å². The first-order chi connectivity index (χ1) is 11.9. The second-order valence-electron chi connectivity index (χ2n) is 6.05. The molecule has 0 radical (unpaired) electrons. The molecule has 3 amide bonds. The minimum absolute atomic E-state index is 0.0903. The monoisotopic (exact) mass is 363 g/mol. The first kappa shape index (κ1) is 17.2. The maximum atomic E-state index is 12.5. The van der Waals surface area contributed by atoms with Gasteiger partial charge in [-0.2, -0.15) is 5.10 Å². The molecule has 3 rings (SSSR count). The number of hydrogen-bond acceptors (Lipinski definition) is 5. The first-order valence-electron chi connectivity index (χ1n) is 7.90. The van der Waals surface area contributed by atoms with Crippen LogP contribution in [-0.2, 0) is 14.4 Å². The van der Waals surface area contributed by atoms with Gasteiger partial charge in [0.05, 0.1) is 5.92 Å². The van der Waals surface area contributed by atoms with Gasteiger partial charge in [-0.3, -0.25) is 14.4 Å². The van der Waals surface area contributed by atoms with Gasteiger partial charge in [0.15, 0.2) is 0 Å². The van der Waals surface area contributed by atoms with Crippen molar-refractivity contribution in [3.63, 3.8) is 0 Å². The fourth-order valence-corrected chi connectivity index (χ4v) is 3.12. The van der Waals surface area contributed by atoms with Gasteiger partial charge in [-0.15, -0.1) is 0 Å². The van der Waals surface area contributed by atoms with Crippen LogP contribution >= 0.6 is 11.6 Å². The molecule has 0 aromatic heterocycles. The maximum absolute atomic E-state index is 12.5. The Labute approximate surface area is 149 Å². The van der Waals surface area contributed by atoms with E-state index in [9.17, 15) is 14.4 Å². The molecular weight excluding hydrogens is 346 g/mol. The van der Waals surface area contributed by atoms with Crippen molar-refractivity contribution in [1.29, 1.82) is 0 Å². The summed E-state index contributed by atoms with van der Waals surface area (Å²) in [4.78, 5) is 37.3. The highest BCUT2D eigenvalue weighted by Gasteiger charge is 2.34. The highest BCUT2D eigenvalue weighted by atomic mass is 35.5. The molecule has 0 bridgehead atoms. The molecule has 0 aliphatic carbocycles. The van der Waals surface area contributed by atoms with Crippen LogP contribution in [0.3, 0.4) is 0 Å². The fourth-order valence-electron chi connectivity index (χ4n) is 2.93. The summed E-state index contributed by atoms with van der Waals surface area (Å²) >= 11 is 5.92. The van der Waals surface area contributed by atoms with E-state index in [0.29, 0.717) is 35.9 Å². The molecule has 0 saturated carbocycles. The van der Waals surface area contributed by atoms with E-state index in [1.807, 2.05) is 0 Å². The van der Waals surface area contributed by atoms with E-state index >= 15 is 0 Å². The molecule has 25 heavy (non-hydrogen) atoms. The summed E-state index contributed by atoms with van der Waals surface area (Å²) in [5.74, 6) is -0.589. The highest BCUT2D eigenvalue weighted by Crippen LogP contribution is 2.24. The van der Waals surface area contributed by atoms with Gasteiger partial charge in [-0.25, -0.2) is 5.01 Å². The molecular formula is C16H18ClN5O3. The summed E-state index contributed by atoms with van der Waals surface area (Å²) in [7, 11) is 0. The van der Waals surface area contributed by atoms with Gasteiger partial charge in [-0.05, 0) is 24.6 Å². The zero-order valence-corrected chi connectivity index (χ0v) is 14.2. The number of fused-ring (bicyclic) bond motifs is 1. The predicted octanol–water partition coefficient (Wildman–Crippen LogP) is 0.631. The number of piperidine rings is 1. The van der Waals surface area contributed by atoms with Crippen LogP contribution in [0.15, 0.2) is 29.4 Å². The van der Waals surface area contributed by atoms with Gasteiger partial charge in [0.25, 0.3) is 5.91 Å². The van der Waals surface area contributed by atoms with Crippen molar-refractivity contribution in [2.45, 2.75) is 12.8 Å². The lowest BCUT2D eigenvalue weighted by Gasteiger charge is -2.38. The number of rotatable bonds is 4. The van der Waals surface area contributed by atoms with E-state index in [4.69, 9.17) is 17.3 Å². The molecule has 1 atom stereocenters. The van der Waals surface area contributed by atoms with Crippen molar-refractivity contribution < 1.29 is 14.4 Å². The molecule has 2 aliphatic rings. The molecule has 0 spiro atoms. The Kier molecular flexibility index (Phi) is 4.89. The third-order valence-corrected chi connectivity index (χ3v) is 4.38. The predicted molar refractivity (Wildman–Crippen MR) is 92.7 cm³/mol. The molecule has 3 N–H and O–H groups in total. The fraction of sp³-hybridized carbons (Fsp3) is 0.375. The molecule has 1 unspecified atom stereocenters. The number of anilines is 1. The third-order valence-electron chi connectivity index (χ3n) is 4.14. The number of benzene rings is 1. The van der Waals surface area contributed by atoms with E-state index in [2.05, 4.69) is 10.4 Å². The average Bonchev–Trinajstić information content (AvgIpc) is 2.54. The molecule has 132 valence electrons. The standard InChI is InChI=1S/C16H18ClN5O3/c17-11-2-1-3-12(6-11)19-16(25)10-4-5-14-20-22(8-13(18)23)15(24)9-21(14)7-10/h1-3,6,10H,4-5,7-9H2,(H2,18,23)(H,19,25). The van der Waals surface area contributed by atoms with E-state index in [1.165, 1.54) is 0 Å². The van der Waals surface area contributed by atoms with Gasteiger partial charge < -0.3 is 16.0 Å². The number of amides is 3. The van der Waals surface area contributed by atoms with Crippen LogP contribution in [0.5, 0.6) is 0 Å². The zero-order valence-electron chi connectivity index (χ0n) is 13.4. The Morgan fingerprint density at radius 1 is 1.40 bits per heavy atom. The van der Waals surface area contributed by atoms with Crippen molar-refractivity contribution in [2.75, 3.05) is 25.0 Å². The molecule has 2 heterocycles. The summed E-state index contributed by atoms with van der Waals surface area (Å²) in [5, 5.41) is 8.68. The molecule has 9 heteroatoms. The second kappa shape index (κ2) is 7.10. The van der Waals surface area contributed by atoms with Gasteiger partial charge in [0.2, 0.25) is 11.8 Å². The van der Waals surface area contributed by atoms with Crippen molar-refractivity contribution >= 4 is 40.8 Å². The highest BCUT2D eigenvalue weighted by molar-refractivity contribution is 6.30. The summed E-state index contributed by atoms with van der Waals surface area (Å²) in [6.45, 7) is 0.267. The quantitative estimate of drug-likeness (QED) is 0.817. The lowest BCUT2D eigenvalue weighted by atomic mass is 9.95. The molecule has 1 saturated heterocycles. The number of halogens is 1. The van der Waals surface area contributed by atoms with E-state index in [-0.39, 0.29) is 30.8 Å². The molecule has 1 aromatic rings. The second-order valence-corrected chi connectivity index (χ2v) is 6.49. The number of hydrogen-bond donors (Lipinski definition) is 2. The van der Waals surface area contributed by atoms with Gasteiger partial charge >= 0.3 is 0 Å². The summed E-state index contributed by atoms with van der Waals surface area (Å²) in [5.41, 5.74) is 5.76. The Balaban J connectivity index is 1.64. The first-order valence-corrected chi connectivity index (χ1v) is 8.27. The van der Waals surface area contributed by atoms with Crippen LogP contribution in [0.4, 0.5) is 5.69 Å². The molecule has 8 nitrogen and oxygen atoms in total. The molecule has 1 aromatic carbocycles. The van der Waals surface area contributed by atoms with Gasteiger partial charge in [-0.1, -0.05) is 17.7 Å². The number of hydrazone groups is 1. The number of nitrogens with one attached hydrogen (secondary N) is 1. The van der Waals surface area contributed by atoms with Crippen LogP contribution in [0.1, 0.15) is 12.8 Å². The number of nitrogens with two attached hydrogens (primary N) is 1. The van der Waals surface area contributed by atoms with Crippen molar-refractivity contribution in [2.24, 2.45) is 16.8 Å². The van der Waals surface area contributed by atoms with Crippen molar-refractivity contribution in [3.8, 4) is 0 Å². The van der Waals surface area contributed by atoms with Gasteiger partial charge in [0.1, 0.15) is 18.9 Å². The van der Waals surface area contributed by atoms with Crippen LogP contribution in [0.2, 0.25) is 5.02 Å². The smallest absolute Gasteiger partial charge is 0.262 e. The Morgan fingerprint density at radius 3 is 2.92 bits per heavy atom. The Hall–Kier alpha value is -2.61. The SMILES string of the molecule is NC(=O)CN1N=C2CCC(C(=O)Nc3cccc(Cl)c3)CN2CC1=O. The lowest BCUT2D eigenvalue weighted by Crippen LogP contribution is -2.53.